The molecule has 0 unspecified atom stereocenters. The molecule has 1 aromatic heterocycles. The quantitative estimate of drug-likeness (QED) is 0.909. The zero-order valence-electron chi connectivity index (χ0n) is 12.4. The number of ether oxygens (including phenoxy) is 1. The molecule has 0 bridgehead atoms. The van der Waals surface area contributed by atoms with E-state index in [9.17, 15) is 4.79 Å². The van der Waals surface area contributed by atoms with E-state index >= 15 is 0 Å². The van der Waals surface area contributed by atoms with E-state index in [1.165, 1.54) is 0 Å². The largest absolute Gasteiger partial charge is 0.456 e. The average Bonchev–Trinajstić information content (AvgIpc) is 2.46. The SMILES string of the molecule is CC1(C)CSc2c(Oc3ccc(C(N)=O)cc3)ccnc2N1. The van der Waals surface area contributed by atoms with Gasteiger partial charge in [0, 0.05) is 29.1 Å². The van der Waals surface area contributed by atoms with Gasteiger partial charge in [-0.2, -0.15) is 0 Å². The van der Waals surface area contributed by atoms with Crippen molar-refractivity contribution < 1.29 is 9.53 Å². The molecule has 3 rings (SSSR count). The van der Waals surface area contributed by atoms with Crippen LogP contribution >= 0.6 is 11.8 Å². The second-order valence-electron chi connectivity index (χ2n) is 5.78. The molecule has 22 heavy (non-hydrogen) atoms. The van der Waals surface area contributed by atoms with Gasteiger partial charge in [0.15, 0.2) is 0 Å². The van der Waals surface area contributed by atoms with E-state index in [2.05, 4.69) is 24.1 Å². The number of anilines is 1. The van der Waals surface area contributed by atoms with Gasteiger partial charge in [-0.25, -0.2) is 4.98 Å². The average molecular weight is 315 g/mol. The van der Waals surface area contributed by atoms with Crippen LogP contribution in [0.3, 0.4) is 0 Å². The van der Waals surface area contributed by atoms with Crippen LogP contribution in [0.4, 0.5) is 5.82 Å². The Kier molecular flexibility index (Phi) is 3.70. The minimum absolute atomic E-state index is 0.00637. The monoisotopic (exact) mass is 315 g/mol. The van der Waals surface area contributed by atoms with Gasteiger partial charge in [0.2, 0.25) is 5.91 Å². The summed E-state index contributed by atoms with van der Waals surface area (Å²) in [5.74, 6) is 2.74. The number of thioether (sulfide) groups is 1. The number of hydrogen-bond acceptors (Lipinski definition) is 5. The molecule has 0 radical (unpaired) electrons. The van der Waals surface area contributed by atoms with Gasteiger partial charge in [-0.15, -0.1) is 11.8 Å². The van der Waals surface area contributed by atoms with Crippen molar-refractivity contribution in [2.75, 3.05) is 11.1 Å². The van der Waals surface area contributed by atoms with E-state index in [4.69, 9.17) is 10.5 Å². The van der Waals surface area contributed by atoms with Crippen LogP contribution < -0.4 is 15.8 Å². The van der Waals surface area contributed by atoms with Gasteiger partial charge in [0.1, 0.15) is 17.3 Å². The van der Waals surface area contributed by atoms with Crippen molar-refractivity contribution >= 4 is 23.5 Å². The first kappa shape index (κ1) is 14.7. The summed E-state index contributed by atoms with van der Waals surface area (Å²) >= 11 is 1.73. The summed E-state index contributed by atoms with van der Waals surface area (Å²) in [7, 11) is 0. The highest BCUT2D eigenvalue weighted by Gasteiger charge is 2.27. The third-order valence-corrected chi connectivity index (χ3v) is 4.82. The number of nitrogens with zero attached hydrogens (tertiary/aromatic N) is 1. The predicted octanol–water partition coefficient (Wildman–Crippen LogP) is 3.27. The molecule has 0 saturated heterocycles. The Morgan fingerprint density at radius 2 is 2.05 bits per heavy atom. The summed E-state index contributed by atoms with van der Waals surface area (Å²) in [5, 5.41) is 3.41. The Balaban J connectivity index is 1.86. The summed E-state index contributed by atoms with van der Waals surface area (Å²) in [6, 6.07) is 8.61. The first-order valence-electron chi connectivity index (χ1n) is 6.92. The van der Waals surface area contributed by atoms with Crippen molar-refractivity contribution in [1.82, 2.24) is 4.98 Å². The highest BCUT2D eigenvalue weighted by molar-refractivity contribution is 7.99. The van der Waals surface area contributed by atoms with E-state index in [1.54, 1.807) is 42.2 Å². The van der Waals surface area contributed by atoms with Crippen LogP contribution in [0.15, 0.2) is 41.4 Å². The predicted molar refractivity (Wildman–Crippen MR) is 87.7 cm³/mol. The minimum Gasteiger partial charge on any atom is -0.456 e. The molecule has 5 nitrogen and oxygen atoms in total. The molecular weight excluding hydrogens is 298 g/mol. The Morgan fingerprint density at radius 1 is 1.32 bits per heavy atom. The molecule has 114 valence electrons. The molecule has 1 aliphatic heterocycles. The number of nitrogens with one attached hydrogen (secondary N) is 1. The number of primary amides is 1. The third kappa shape index (κ3) is 3.01. The molecule has 1 amide bonds. The number of hydrogen-bond donors (Lipinski definition) is 2. The van der Waals surface area contributed by atoms with Crippen LogP contribution in [0.1, 0.15) is 24.2 Å². The smallest absolute Gasteiger partial charge is 0.248 e. The Morgan fingerprint density at radius 3 is 2.73 bits per heavy atom. The van der Waals surface area contributed by atoms with Crippen LogP contribution in [0.5, 0.6) is 11.5 Å². The molecular formula is C16H17N3O2S. The summed E-state index contributed by atoms with van der Waals surface area (Å²) in [4.78, 5) is 16.5. The highest BCUT2D eigenvalue weighted by atomic mass is 32.2. The number of benzene rings is 1. The maximum Gasteiger partial charge on any atom is 0.248 e. The number of amides is 1. The summed E-state index contributed by atoms with van der Waals surface area (Å²) in [5.41, 5.74) is 5.70. The lowest BCUT2D eigenvalue weighted by Crippen LogP contribution is -2.36. The molecule has 1 aliphatic rings. The van der Waals surface area contributed by atoms with Crippen molar-refractivity contribution in [3.05, 3.63) is 42.1 Å². The molecule has 0 atom stereocenters. The van der Waals surface area contributed by atoms with Crippen molar-refractivity contribution in [3.8, 4) is 11.5 Å². The third-order valence-electron chi connectivity index (χ3n) is 3.27. The fourth-order valence-corrected chi connectivity index (χ4v) is 3.23. The molecule has 2 aromatic rings. The van der Waals surface area contributed by atoms with Gasteiger partial charge in [-0.1, -0.05) is 0 Å². The molecule has 2 heterocycles. The number of pyridine rings is 1. The van der Waals surface area contributed by atoms with Gasteiger partial charge in [-0.05, 0) is 38.1 Å². The zero-order chi connectivity index (χ0) is 15.7. The molecule has 0 aliphatic carbocycles. The van der Waals surface area contributed by atoms with Crippen LogP contribution in [-0.4, -0.2) is 22.2 Å². The second-order valence-corrected chi connectivity index (χ2v) is 6.76. The topological polar surface area (TPSA) is 77.2 Å². The van der Waals surface area contributed by atoms with Gasteiger partial charge in [-0.3, -0.25) is 4.79 Å². The molecule has 3 N–H and O–H groups in total. The standard InChI is InChI=1S/C16H17N3O2S/c1-16(2)9-22-13-12(7-8-18-15(13)19-16)21-11-5-3-10(4-6-11)14(17)20/h3-8H,9H2,1-2H3,(H2,17,20)(H,18,19). The number of fused-ring (bicyclic) bond motifs is 1. The lowest BCUT2D eigenvalue weighted by atomic mass is 10.1. The molecule has 1 aromatic carbocycles. The van der Waals surface area contributed by atoms with Crippen molar-refractivity contribution in [2.45, 2.75) is 24.3 Å². The number of nitrogens with two attached hydrogens (primary N) is 1. The van der Waals surface area contributed by atoms with E-state index in [1.807, 2.05) is 6.07 Å². The fraction of sp³-hybridized carbons (Fsp3) is 0.250. The Hall–Kier alpha value is -2.21. The minimum atomic E-state index is -0.449. The van der Waals surface area contributed by atoms with Crippen molar-refractivity contribution in [3.63, 3.8) is 0 Å². The molecule has 0 fully saturated rings. The van der Waals surface area contributed by atoms with E-state index < -0.39 is 5.91 Å². The van der Waals surface area contributed by atoms with Crippen LogP contribution in [0.2, 0.25) is 0 Å². The number of rotatable bonds is 3. The van der Waals surface area contributed by atoms with Gasteiger partial charge in [0.05, 0.1) is 4.90 Å². The van der Waals surface area contributed by atoms with E-state index in [0.717, 1.165) is 22.2 Å². The van der Waals surface area contributed by atoms with Crippen LogP contribution in [0.25, 0.3) is 0 Å². The van der Waals surface area contributed by atoms with Gasteiger partial charge >= 0.3 is 0 Å². The van der Waals surface area contributed by atoms with E-state index in [-0.39, 0.29) is 5.54 Å². The van der Waals surface area contributed by atoms with Crippen molar-refractivity contribution in [1.29, 1.82) is 0 Å². The zero-order valence-corrected chi connectivity index (χ0v) is 13.2. The van der Waals surface area contributed by atoms with Crippen LogP contribution in [0, 0.1) is 0 Å². The maximum absolute atomic E-state index is 11.1. The molecule has 0 saturated carbocycles. The van der Waals surface area contributed by atoms with Crippen LogP contribution in [-0.2, 0) is 0 Å². The maximum atomic E-state index is 11.1. The highest BCUT2D eigenvalue weighted by Crippen LogP contribution is 2.42. The van der Waals surface area contributed by atoms with E-state index in [0.29, 0.717) is 11.3 Å². The molecule has 6 heteroatoms. The lowest BCUT2D eigenvalue weighted by molar-refractivity contribution is 0.100. The number of carbonyl (C=O) groups excluding carboxylic acids is 1. The Labute approximate surface area is 133 Å². The first-order chi connectivity index (χ1) is 10.4. The Bertz CT molecular complexity index is 714. The van der Waals surface area contributed by atoms with Crippen molar-refractivity contribution in [2.24, 2.45) is 5.73 Å². The normalized spacial score (nSPS) is 15.5. The molecule has 0 spiro atoms. The number of carbonyl (C=O) groups is 1. The second kappa shape index (κ2) is 5.53. The first-order valence-corrected chi connectivity index (χ1v) is 7.91. The summed E-state index contributed by atoms with van der Waals surface area (Å²) in [6.07, 6.45) is 1.72. The number of aromatic nitrogens is 1. The van der Waals surface area contributed by atoms with Gasteiger partial charge < -0.3 is 15.8 Å². The summed E-state index contributed by atoms with van der Waals surface area (Å²) in [6.45, 7) is 4.28. The van der Waals surface area contributed by atoms with Gasteiger partial charge in [0.25, 0.3) is 0 Å². The fourth-order valence-electron chi connectivity index (χ4n) is 2.16. The lowest BCUT2D eigenvalue weighted by Gasteiger charge is -2.32. The summed E-state index contributed by atoms with van der Waals surface area (Å²) < 4.78 is 5.93.